The molecular weight excluding hydrogens is 358 g/mol. The number of thioether (sulfide) groups is 2. The van der Waals surface area contributed by atoms with Crippen molar-refractivity contribution in [3.05, 3.63) is 29.8 Å². The lowest BCUT2D eigenvalue weighted by Crippen LogP contribution is -2.37. The Morgan fingerprint density at radius 3 is 2.56 bits per heavy atom. The summed E-state index contributed by atoms with van der Waals surface area (Å²) >= 11 is 3.95. The van der Waals surface area contributed by atoms with Crippen molar-refractivity contribution >= 4 is 35.4 Å². The number of carbonyl (C=O) groups excluding carboxylic acids is 1. The number of nitrogens with zero attached hydrogens (tertiary/aromatic N) is 1. The largest absolute Gasteiger partial charge is 0.484 e. The van der Waals surface area contributed by atoms with E-state index in [1.165, 1.54) is 23.5 Å². The molecule has 5 nitrogen and oxygen atoms in total. The Labute approximate surface area is 156 Å². The molecule has 2 saturated heterocycles. The standard InChI is InChI=1S/C18H23NO4S2/c1-18(17(21)22)7-8-19(12-18)15(20)11-23-14-5-3-13(4-6-14)16-24-9-2-10-25-16/h3-6,16H,2,7-12H2,1H3,(H,21,22). The summed E-state index contributed by atoms with van der Waals surface area (Å²) in [6.07, 6.45) is 1.76. The highest BCUT2D eigenvalue weighted by atomic mass is 32.2. The molecule has 2 aliphatic heterocycles. The average molecular weight is 382 g/mol. The summed E-state index contributed by atoms with van der Waals surface area (Å²) in [6.45, 7) is 2.35. The number of hydrogen-bond donors (Lipinski definition) is 1. The molecule has 0 aliphatic carbocycles. The van der Waals surface area contributed by atoms with E-state index in [9.17, 15) is 14.7 Å². The van der Waals surface area contributed by atoms with E-state index in [0.717, 1.165) is 0 Å². The minimum Gasteiger partial charge on any atom is -0.484 e. The molecule has 1 atom stereocenters. The molecule has 2 heterocycles. The molecule has 136 valence electrons. The summed E-state index contributed by atoms with van der Waals surface area (Å²) in [7, 11) is 0. The van der Waals surface area contributed by atoms with Gasteiger partial charge in [-0.1, -0.05) is 12.1 Å². The van der Waals surface area contributed by atoms with Crippen molar-refractivity contribution in [1.29, 1.82) is 0 Å². The molecule has 1 aromatic carbocycles. The van der Waals surface area contributed by atoms with E-state index in [2.05, 4.69) is 12.1 Å². The maximum absolute atomic E-state index is 12.2. The lowest BCUT2D eigenvalue weighted by Gasteiger charge is -2.21. The zero-order valence-corrected chi connectivity index (χ0v) is 15.9. The number of hydrogen-bond acceptors (Lipinski definition) is 5. The van der Waals surface area contributed by atoms with Crippen molar-refractivity contribution in [2.45, 2.75) is 24.3 Å². The van der Waals surface area contributed by atoms with E-state index >= 15 is 0 Å². The van der Waals surface area contributed by atoms with Crippen LogP contribution in [0.1, 0.15) is 29.9 Å². The van der Waals surface area contributed by atoms with Crippen LogP contribution in [0.15, 0.2) is 24.3 Å². The molecule has 1 N–H and O–H groups in total. The Morgan fingerprint density at radius 1 is 1.28 bits per heavy atom. The van der Waals surface area contributed by atoms with Gasteiger partial charge in [0.05, 0.1) is 10.00 Å². The predicted molar refractivity (Wildman–Crippen MR) is 101 cm³/mol. The number of benzene rings is 1. The Bertz CT molecular complexity index is 630. The van der Waals surface area contributed by atoms with E-state index < -0.39 is 11.4 Å². The molecule has 25 heavy (non-hydrogen) atoms. The van der Waals surface area contributed by atoms with Gasteiger partial charge in [-0.3, -0.25) is 9.59 Å². The zero-order chi connectivity index (χ0) is 17.9. The fourth-order valence-corrected chi connectivity index (χ4v) is 5.88. The van der Waals surface area contributed by atoms with Crippen LogP contribution < -0.4 is 4.74 Å². The molecule has 1 unspecified atom stereocenters. The fourth-order valence-electron chi connectivity index (χ4n) is 2.99. The first-order valence-corrected chi connectivity index (χ1v) is 10.5. The van der Waals surface area contributed by atoms with Gasteiger partial charge in [0.1, 0.15) is 5.75 Å². The van der Waals surface area contributed by atoms with Crippen molar-refractivity contribution in [3.8, 4) is 5.75 Å². The highest BCUT2D eigenvalue weighted by molar-refractivity contribution is 8.16. The minimum atomic E-state index is -0.849. The number of amides is 1. The highest BCUT2D eigenvalue weighted by Crippen LogP contribution is 2.43. The van der Waals surface area contributed by atoms with Crippen LogP contribution >= 0.6 is 23.5 Å². The van der Waals surface area contributed by atoms with Crippen LogP contribution in [0.2, 0.25) is 0 Å². The van der Waals surface area contributed by atoms with Gasteiger partial charge in [0, 0.05) is 13.1 Å². The molecule has 0 aromatic heterocycles. The van der Waals surface area contributed by atoms with Crippen molar-refractivity contribution in [3.63, 3.8) is 0 Å². The Balaban J connectivity index is 1.50. The van der Waals surface area contributed by atoms with Gasteiger partial charge < -0.3 is 14.7 Å². The van der Waals surface area contributed by atoms with Crippen LogP contribution in [-0.4, -0.2) is 53.1 Å². The molecule has 0 bridgehead atoms. The van der Waals surface area contributed by atoms with Gasteiger partial charge in [0.2, 0.25) is 0 Å². The van der Waals surface area contributed by atoms with Crippen LogP contribution in [0.25, 0.3) is 0 Å². The van der Waals surface area contributed by atoms with Gasteiger partial charge in [-0.25, -0.2) is 0 Å². The smallest absolute Gasteiger partial charge is 0.311 e. The van der Waals surface area contributed by atoms with Gasteiger partial charge in [-0.15, -0.1) is 23.5 Å². The van der Waals surface area contributed by atoms with Gasteiger partial charge in [0.15, 0.2) is 6.61 Å². The second-order valence-electron chi connectivity index (χ2n) is 6.72. The van der Waals surface area contributed by atoms with E-state index in [-0.39, 0.29) is 19.1 Å². The van der Waals surface area contributed by atoms with Crippen molar-refractivity contribution in [2.75, 3.05) is 31.2 Å². The summed E-state index contributed by atoms with van der Waals surface area (Å²) in [4.78, 5) is 25.1. The Morgan fingerprint density at radius 2 is 1.96 bits per heavy atom. The first-order valence-electron chi connectivity index (χ1n) is 8.45. The number of carbonyl (C=O) groups is 2. The third-order valence-corrected chi connectivity index (χ3v) is 7.70. The topological polar surface area (TPSA) is 66.8 Å². The molecule has 1 amide bonds. The zero-order valence-electron chi connectivity index (χ0n) is 14.3. The van der Waals surface area contributed by atoms with Gasteiger partial charge in [-0.2, -0.15) is 0 Å². The average Bonchev–Trinajstić information content (AvgIpc) is 3.05. The first kappa shape index (κ1) is 18.5. The highest BCUT2D eigenvalue weighted by Gasteiger charge is 2.42. The lowest BCUT2D eigenvalue weighted by atomic mass is 9.90. The molecule has 2 aliphatic rings. The summed E-state index contributed by atoms with van der Waals surface area (Å²) in [6, 6.07) is 7.94. The molecule has 7 heteroatoms. The van der Waals surface area contributed by atoms with Crippen LogP contribution in [0.4, 0.5) is 0 Å². The number of carboxylic acid groups (broad SMARTS) is 1. The first-order chi connectivity index (χ1) is 12.0. The monoisotopic (exact) mass is 381 g/mol. The number of rotatable bonds is 5. The Hall–Kier alpha value is -1.34. The van der Waals surface area contributed by atoms with E-state index in [4.69, 9.17) is 4.74 Å². The fraction of sp³-hybridized carbons (Fsp3) is 0.556. The number of ether oxygens (including phenoxy) is 1. The van der Waals surface area contributed by atoms with Crippen molar-refractivity contribution in [2.24, 2.45) is 5.41 Å². The quantitative estimate of drug-likeness (QED) is 0.844. The van der Waals surface area contributed by atoms with Crippen LogP contribution in [0.5, 0.6) is 5.75 Å². The Kier molecular flexibility index (Phi) is 5.84. The van der Waals surface area contributed by atoms with Gasteiger partial charge in [0.25, 0.3) is 5.91 Å². The molecular formula is C18H23NO4S2. The number of carboxylic acids is 1. The SMILES string of the molecule is CC1(C(=O)O)CCN(C(=O)COc2ccc(C3SCCCS3)cc2)C1. The summed E-state index contributed by atoms with van der Waals surface area (Å²) in [5.74, 6) is 2.07. The minimum absolute atomic E-state index is 0.0536. The van der Waals surface area contributed by atoms with Gasteiger partial charge >= 0.3 is 5.97 Å². The van der Waals surface area contributed by atoms with Crippen LogP contribution in [0.3, 0.4) is 0 Å². The molecule has 2 fully saturated rings. The molecule has 0 radical (unpaired) electrons. The maximum atomic E-state index is 12.2. The van der Waals surface area contributed by atoms with Crippen LogP contribution in [-0.2, 0) is 9.59 Å². The number of aliphatic carboxylic acids is 1. The predicted octanol–water partition coefficient (Wildman–Crippen LogP) is 3.26. The summed E-state index contributed by atoms with van der Waals surface area (Å²) in [5.41, 5.74) is 0.442. The maximum Gasteiger partial charge on any atom is 0.311 e. The third-order valence-electron chi connectivity index (χ3n) is 4.68. The second-order valence-corrected chi connectivity index (χ2v) is 9.44. The summed E-state index contributed by atoms with van der Waals surface area (Å²) < 4.78 is 6.09. The van der Waals surface area contributed by atoms with E-state index in [1.807, 2.05) is 35.7 Å². The van der Waals surface area contributed by atoms with Crippen LogP contribution in [0, 0.1) is 5.41 Å². The number of likely N-dealkylation sites (tertiary alicyclic amines) is 1. The molecule has 0 spiro atoms. The summed E-state index contributed by atoms with van der Waals surface area (Å²) in [5, 5.41) is 9.24. The third kappa shape index (κ3) is 4.44. The normalized spacial score (nSPS) is 24.3. The lowest BCUT2D eigenvalue weighted by molar-refractivity contribution is -0.147. The van der Waals surface area contributed by atoms with E-state index in [0.29, 0.717) is 23.3 Å². The molecule has 1 aromatic rings. The molecule has 3 rings (SSSR count). The second kappa shape index (κ2) is 7.91. The van der Waals surface area contributed by atoms with Gasteiger partial charge in [-0.05, 0) is 49.0 Å². The van der Waals surface area contributed by atoms with Crippen molar-refractivity contribution in [1.82, 2.24) is 4.90 Å². The van der Waals surface area contributed by atoms with E-state index in [1.54, 1.807) is 11.8 Å². The molecule has 0 saturated carbocycles. The van der Waals surface area contributed by atoms with Crippen molar-refractivity contribution < 1.29 is 19.4 Å².